The van der Waals surface area contributed by atoms with Gasteiger partial charge in [-0.3, -0.25) is 0 Å². The van der Waals surface area contributed by atoms with Crippen molar-refractivity contribution < 1.29 is 8.83 Å². The number of aromatic amines is 2. The SMILES string of the molecule is Cc1cccc(N(c2cccc3c2[nH]c2ccc4c(ccc5[nH]c6c(N(c7cccc(C)c7)c7cccc8c7oc7ccccc78)cccc6c54)c23)c2cccc3c2oc2ccccc23)c1. The van der Waals surface area contributed by atoms with Gasteiger partial charge in [0.1, 0.15) is 11.2 Å². The summed E-state index contributed by atoms with van der Waals surface area (Å²) < 4.78 is 13.4. The Kier molecular flexibility index (Phi) is 7.72. The first-order valence-corrected chi connectivity index (χ1v) is 22.5. The lowest BCUT2D eigenvalue weighted by Crippen LogP contribution is -2.11. The second-order valence-electron chi connectivity index (χ2n) is 17.6. The van der Waals surface area contributed by atoms with Crippen LogP contribution in [0.5, 0.6) is 0 Å². The van der Waals surface area contributed by atoms with E-state index in [1.807, 2.05) is 24.3 Å². The number of rotatable bonds is 6. The van der Waals surface area contributed by atoms with Gasteiger partial charge < -0.3 is 28.6 Å². The van der Waals surface area contributed by atoms with Gasteiger partial charge in [-0.05, 0) is 109 Å². The van der Waals surface area contributed by atoms with Crippen LogP contribution in [0.4, 0.5) is 34.1 Å². The summed E-state index contributed by atoms with van der Waals surface area (Å²) in [4.78, 5) is 12.5. The number of fused-ring (bicyclic) bond motifs is 15. The zero-order valence-corrected chi connectivity index (χ0v) is 36.2. The third kappa shape index (κ3) is 5.30. The summed E-state index contributed by atoms with van der Waals surface area (Å²) in [6, 6.07) is 69.3. The Bertz CT molecular complexity index is 4020. The van der Waals surface area contributed by atoms with Gasteiger partial charge in [0.05, 0.1) is 33.8 Å². The maximum Gasteiger partial charge on any atom is 0.159 e. The lowest BCUT2D eigenvalue weighted by atomic mass is 9.99. The van der Waals surface area contributed by atoms with Crippen LogP contribution in [0.25, 0.3) is 98.3 Å². The molecule has 0 aliphatic carbocycles. The summed E-state index contributed by atoms with van der Waals surface area (Å²) in [7, 11) is 0. The van der Waals surface area contributed by atoms with Crippen molar-refractivity contribution in [2.24, 2.45) is 0 Å². The fraction of sp³-hybridized carbons (Fsp3) is 0.0333. The van der Waals surface area contributed by atoms with Gasteiger partial charge in [-0.25, -0.2) is 0 Å². The van der Waals surface area contributed by atoms with Crippen molar-refractivity contribution in [3.63, 3.8) is 0 Å². The number of aromatic nitrogens is 2. The Morgan fingerprint density at radius 1 is 0.333 bits per heavy atom. The summed E-state index contributed by atoms with van der Waals surface area (Å²) in [5.41, 5.74) is 16.3. The summed E-state index contributed by atoms with van der Waals surface area (Å²) in [5, 5.41) is 11.5. The van der Waals surface area contributed by atoms with Crippen molar-refractivity contribution in [3.8, 4) is 0 Å². The Balaban J connectivity index is 0.992. The molecule has 0 aliphatic heterocycles. The highest BCUT2D eigenvalue weighted by Gasteiger charge is 2.25. The number of H-pyrrole nitrogens is 2. The molecule has 14 aromatic rings. The zero-order chi connectivity index (χ0) is 43.6. The Hall–Kier alpha value is -8.74. The van der Waals surface area contributed by atoms with Crippen LogP contribution in [-0.4, -0.2) is 9.97 Å². The molecule has 0 saturated carbocycles. The van der Waals surface area contributed by atoms with Gasteiger partial charge in [-0.1, -0.05) is 121 Å². The molecule has 4 aromatic heterocycles. The van der Waals surface area contributed by atoms with E-state index in [2.05, 4.69) is 203 Å². The van der Waals surface area contributed by atoms with E-state index in [4.69, 9.17) is 8.83 Å². The summed E-state index contributed by atoms with van der Waals surface area (Å²) >= 11 is 0. The second kappa shape index (κ2) is 13.9. The highest BCUT2D eigenvalue weighted by atomic mass is 16.3. The van der Waals surface area contributed by atoms with E-state index in [0.717, 1.165) is 111 Å². The molecule has 0 radical (unpaired) electrons. The largest absolute Gasteiger partial charge is 0.454 e. The second-order valence-corrected chi connectivity index (χ2v) is 17.6. The lowest BCUT2D eigenvalue weighted by molar-refractivity contribution is 0.668. The summed E-state index contributed by atoms with van der Waals surface area (Å²) in [6.45, 7) is 4.30. The predicted octanol–water partition coefficient (Wildman–Crippen LogP) is 17.5. The number of nitrogens with zero attached hydrogens (tertiary/aromatic N) is 2. The van der Waals surface area contributed by atoms with Gasteiger partial charge in [0.25, 0.3) is 0 Å². The van der Waals surface area contributed by atoms with Crippen LogP contribution in [0.3, 0.4) is 0 Å². The van der Waals surface area contributed by atoms with E-state index in [-0.39, 0.29) is 0 Å². The normalized spacial score (nSPS) is 12.1. The number of benzene rings is 10. The minimum atomic E-state index is 0.857. The molecule has 0 fully saturated rings. The van der Waals surface area contributed by atoms with Crippen molar-refractivity contribution >= 4 is 132 Å². The molecule has 10 aromatic carbocycles. The minimum Gasteiger partial charge on any atom is -0.454 e. The molecule has 4 heterocycles. The molecular formula is C60H40N4O2. The molecule has 6 heteroatoms. The standard InChI is InChI=1S/C60H40N4O2/c1-35-13-7-15-37(33-35)63(51-25-9-19-43-39-17-3-5-27-53(39)65-59(43)51)49-23-11-21-45-55-41-30-32-48-56(42(41)29-31-47(55)61-57(45)49)46-22-12-24-50(58(46)62-48)64(38-16-8-14-36(2)34-38)52-26-10-20-44-40-18-4-6-28-54(40)66-60(44)52/h3-34,61-62H,1-2H3. The Morgan fingerprint density at radius 3 is 1.18 bits per heavy atom. The number of aryl methyl sites for hydroxylation is 2. The van der Waals surface area contributed by atoms with Crippen molar-refractivity contribution in [2.45, 2.75) is 13.8 Å². The molecule has 312 valence electrons. The molecule has 0 saturated heterocycles. The van der Waals surface area contributed by atoms with Crippen LogP contribution in [-0.2, 0) is 0 Å². The fourth-order valence-electron chi connectivity index (χ4n) is 10.8. The molecular weight excluding hydrogens is 809 g/mol. The molecule has 0 atom stereocenters. The van der Waals surface area contributed by atoms with Crippen molar-refractivity contribution in [2.75, 3.05) is 9.80 Å². The third-order valence-electron chi connectivity index (χ3n) is 13.6. The molecule has 0 aliphatic rings. The smallest absolute Gasteiger partial charge is 0.159 e. The van der Waals surface area contributed by atoms with Gasteiger partial charge >= 0.3 is 0 Å². The highest BCUT2D eigenvalue weighted by Crippen LogP contribution is 2.49. The predicted molar refractivity (Wildman–Crippen MR) is 276 cm³/mol. The van der Waals surface area contributed by atoms with Gasteiger partial charge in [-0.2, -0.15) is 0 Å². The van der Waals surface area contributed by atoms with Crippen LogP contribution in [0.15, 0.2) is 203 Å². The van der Waals surface area contributed by atoms with Crippen molar-refractivity contribution in [3.05, 3.63) is 205 Å². The van der Waals surface area contributed by atoms with Gasteiger partial charge in [0.15, 0.2) is 11.2 Å². The quantitative estimate of drug-likeness (QED) is 0.175. The van der Waals surface area contributed by atoms with Crippen molar-refractivity contribution in [1.82, 2.24) is 9.97 Å². The molecule has 66 heavy (non-hydrogen) atoms. The topological polar surface area (TPSA) is 64.3 Å². The number of nitrogens with one attached hydrogen (secondary N) is 2. The Labute approximate surface area is 378 Å². The molecule has 2 N–H and O–H groups in total. The van der Waals surface area contributed by atoms with Crippen LogP contribution >= 0.6 is 0 Å². The maximum atomic E-state index is 6.68. The van der Waals surface area contributed by atoms with Gasteiger partial charge in [0, 0.05) is 65.5 Å². The zero-order valence-electron chi connectivity index (χ0n) is 36.2. The number of hydrogen-bond acceptors (Lipinski definition) is 4. The first-order valence-electron chi connectivity index (χ1n) is 22.5. The molecule has 14 rings (SSSR count). The van der Waals surface area contributed by atoms with Gasteiger partial charge in [-0.15, -0.1) is 0 Å². The number of anilines is 6. The third-order valence-corrected chi connectivity index (χ3v) is 13.6. The number of para-hydroxylation sites is 6. The van der Waals surface area contributed by atoms with Crippen LogP contribution in [0, 0.1) is 13.8 Å². The van der Waals surface area contributed by atoms with Gasteiger partial charge in [0.2, 0.25) is 0 Å². The van der Waals surface area contributed by atoms with Crippen LogP contribution in [0.1, 0.15) is 11.1 Å². The monoisotopic (exact) mass is 848 g/mol. The summed E-state index contributed by atoms with van der Waals surface area (Å²) in [6.07, 6.45) is 0. The van der Waals surface area contributed by atoms with E-state index in [9.17, 15) is 0 Å². The first kappa shape index (κ1) is 36.7. The molecule has 0 bridgehead atoms. The summed E-state index contributed by atoms with van der Waals surface area (Å²) in [5.74, 6) is 0. The maximum absolute atomic E-state index is 6.68. The molecule has 0 unspecified atom stereocenters. The highest BCUT2D eigenvalue weighted by molar-refractivity contribution is 6.30. The molecule has 0 amide bonds. The van der Waals surface area contributed by atoms with E-state index in [1.54, 1.807) is 0 Å². The number of hydrogen-bond donors (Lipinski definition) is 2. The average Bonchev–Trinajstić information content (AvgIpc) is 4.13. The lowest BCUT2D eigenvalue weighted by Gasteiger charge is -2.26. The fourth-order valence-corrected chi connectivity index (χ4v) is 10.8. The first-order chi connectivity index (χ1) is 32.6. The van der Waals surface area contributed by atoms with Crippen LogP contribution in [0.2, 0.25) is 0 Å². The Morgan fingerprint density at radius 2 is 0.727 bits per heavy atom. The average molecular weight is 849 g/mol. The van der Waals surface area contributed by atoms with Crippen LogP contribution < -0.4 is 9.80 Å². The molecule has 0 spiro atoms. The minimum absolute atomic E-state index is 0.857. The molecule has 6 nitrogen and oxygen atoms in total. The van der Waals surface area contributed by atoms with E-state index in [1.165, 1.54) is 32.7 Å². The number of furan rings is 2. The van der Waals surface area contributed by atoms with E-state index < -0.39 is 0 Å². The van der Waals surface area contributed by atoms with E-state index in [0.29, 0.717) is 0 Å². The van der Waals surface area contributed by atoms with E-state index >= 15 is 0 Å². The van der Waals surface area contributed by atoms with Crippen molar-refractivity contribution in [1.29, 1.82) is 0 Å².